The summed E-state index contributed by atoms with van der Waals surface area (Å²) in [4.78, 5) is 5.41. The fourth-order valence-corrected chi connectivity index (χ4v) is 2.66. The van der Waals surface area contributed by atoms with Gasteiger partial charge in [-0.15, -0.1) is 0 Å². The number of rotatable bonds is 4. The number of benzene rings is 2. The van der Waals surface area contributed by atoms with Gasteiger partial charge in [0.1, 0.15) is 12.4 Å². The molecule has 0 radical (unpaired) electrons. The Morgan fingerprint density at radius 1 is 0.920 bits per heavy atom. The first kappa shape index (κ1) is 19.0. The summed E-state index contributed by atoms with van der Waals surface area (Å²) < 4.78 is 0. The maximum Gasteiger partial charge on any atom is 0.142 e. The van der Waals surface area contributed by atoms with E-state index in [1.54, 1.807) is 6.21 Å². The number of aromatic hydroxyl groups is 1. The Kier molecular flexibility index (Phi) is 5.56. The average molecular weight is 339 g/mol. The first-order valence-electron chi connectivity index (χ1n) is 8.66. The molecule has 0 fully saturated rings. The lowest BCUT2D eigenvalue weighted by atomic mass is 9.78. The summed E-state index contributed by atoms with van der Waals surface area (Å²) in [5, 5.41) is 14.8. The normalized spacial score (nSPS) is 12.6. The van der Waals surface area contributed by atoms with Gasteiger partial charge in [0.2, 0.25) is 0 Å². The molecule has 0 atom stereocenters. The zero-order valence-electron chi connectivity index (χ0n) is 16.1. The summed E-state index contributed by atoms with van der Waals surface area (Å²) in [7, 11) is 0. The van der Waals surface area contributed by atoms with Crippen LogP contribution in [0.1, 0.15) is 63.8 Å². The molecule has 3 heteroatoms. The zero-order valence-corrected chi connectivity index (χ0v) is 16.1. The van der Waals surface area contributed by atoms with Crippen LogP contribution < -0.4 is 0 Å². The Hall–Kier alpha value is -2.29. The van der Waals surface area contributed by atoms with Crippen LogP contribution in [0.25, 0.3) is 0 Å². The lowest BCUT2D eigenvalue weighted by Crippen LogP contribution is -2.17. The van der Waals surface area contributed by atoms with Gasteiger partial charge in [-0.3, -0.25) is 0 Å². The summed E-state index contributed by atoms with van der Waals surface area (Å²) >= 11 is 0. The predicted molar refractivity (Wildman–Crippen MR) is 104 cm³/mol. The average Bonchev–Trinajstić information content (AvgIpc) is 2.51. The highest BCUT2D eigenvalue weighted by atomic mass is 16.6. The Balaban J connectivity index is 2.26. The maximum atomic E-state index is 10.7. The minimum Gasteiger partial charge on any atom is -0.507 e. The molecule has 0 saturated carbocycles. The van der Waals surface area contributed by atoms with Crippen LogP contribution in [0.4, 0.5) is 0 Å². The molecule has 0 aliphatic heterocycles. The molecule has 2 aromatic rings. The highest BCUT2D eigenvalue weighted by Crippen LogP contribution is 2.39. The second kappa shape index (κ2) is 7.30. The van der Waals surface area contributed by atoms with Crippen LogP contribution in [-0.4, -0.2) is 11.3 Å². The van der Waals surface area contributed by atoms with Crippen LogP contribution in [0.15, 0.2) is 47.6 Å². The van der Waals surface area contributed by atoms with E-state index in [4.69, 9.17) is 4.84 Å². The molecule has 134 valence electrons. The van der Waals surface area contributed by atoms with Crippen molar-refractivity contribution in [2.24, 2.45) is 5.16 Å². The third-order valence-corrected chi connectivity index (χ3v) is 4.10. The molecule has 0 aliphatic carbocycles. The van der Waals surface area contributed by atoms with Crippen LogP contribution in [0, 0.1) is 0 Å². The van der Waals surface area contributed by atoms with Crippen LogP contribution in [0.2, 0.25) is 0 Å². The van der Waals surface area contributed by atoms with Gasteiger partial charge in [-0.1, -0.05) is 77.0 Å². The molecule has 0 amide bonds. The monoisotopic (exact) mass is 339 g/mol. The molecule has 25 heavy (non-hydrogen) atoms. The van der Waals surface area contributed by atoms with Crippen molar-refractivity contribution in [1.29, 1.82) is 0 Å². The minimum atomic E-state index is -0.154. The van der Waals surface area contributed by atoms with Crippen molar-refractivity contribution in [2.75, 3.05) is 0 Å². The Bertz CT molecular complexity index is 700. The molecule has 0 saturated heterocycles. The highest BCUT2D eigenvalue weighted by Gasteiger charge is 2.26. The quantitative estimate of drug-likeness (QED) is 0.587. The van der Waals surface area contributed by atoms with E-state index >= 15 is 0 Å². The second-order valence-electron chi connectivity index (χ2n) is 8.46. The van der Waals surface area contributed by atoms with E-state index in [0.717, 1.165) is 22.3 Å². The zero-order chi connectivity index (χ0) is 18.7. The van der Waals surface area contributed by atoms with Crippen LogP contribution in [-0.2, 0) is 22.3 Å². The van der Waals surface area contributed by atoms with Crippen molar-refractivity contribution in [3.8, 4) is 5.75 Å². The first-order valence-corrected chi connectivity index (χ1v) is 8.66. The fraction of sp³-hybridized carbons (Fsp3) is 0.409. The number of hydrogen-bond acceptors (Lipinski definition) is 3. The van der Waals surface area contributed by atoms with Crippen LogP contribution in [0.3, 0.4) is 0 Å². The molecule has 0 aromatic heterocycles. The van der Waals surface area contributed by atoms with Crippen LogP contribution in [0.5, 0.6) is 5.75 Å². The number of nitrogens with zero attached hydrogens (tertiary/aromatic N) is 1. The van der Waals surface area contributed by atoms with E-state index < -0.39 is 0 Å². The SMILES string of the molecule is CC(C)(C)c1cc(/C=N/OCc2ccccc2)cc(C(C)(C)C)c1O. The van der Waals surface area contributed by atoms with Crippen molar-refractivity contribution >= 4 is 6.21 Å². The Labute approximate surface area is 151 Å². The molecular weight excluding hydrogens is 310 g/mol. The molecule has 0 spiro atoms. The standard InChI is InChI=1S/C22H29NO2/c1-21(2,3)18-12-17(13-19(20(18)24)22(4,5)6)14-23-25-15-16-10-8-7-9-11-16/h7-14,24H,15H2,1-6H3/b23-14+. The number of oxime groups is 1. The second-order valence-corrected chi connectivity index (χ2v) is 8.46. The Morgan fingerprint density at radius 3 is 1.92 bits per heavy atom. The lowest BCUT2D eigenvalue weighted by Gasteiger charge is -2.27. The Morgan fingerprint density at radius 2 is 1.44 bits per heavy atom. The van der Waals surface area contributed by atoms with Gasteiger partial charge in [0, 0.05) is 11.1 Å². The van der Waals surface area contributed by atoms with Crippen LogP contribution >= 0.6 is 0 Å². The lowest BCUT2D eigenvalue weighted by molar-refractivity contribution is 0.132. The molecule has 0 aliphatic rings. The predicted octanol–water partition coefficient (Wildman–Crippen LogP) is 5.54. The van der Waals surface area contributed by atoms with E-state index in [0.29, 0.717) is 12.4 Å². The molecule has 0 bridgehead atoms. The molecular formula is C22H29NO2. The largest absolute Gasteiger partial charge is 0.507 e. The summed E-state index contributed by atoms with van der Waals surface area (Å²) in [5.41, 5.74) is 3.54. The van der Waals surface area contributed by atoms with Crippen molar-refractivity contribution in [2.45, 2.75) is 59.0 Å². The van der Waals surface area contributed by atoms with Crippen molar-refractivity contribution < 1.29 is 9.94 Å². The molecule has 0 unspecified atom stereocenters. The van der Waals surface area contributed by atoms with Gasteiger partial charge in [-0.05, 0) is 34.1 Å². The molecule has 0 heterocycles. The van der Waals surface area contributed by atoms with E-state index in [2.05, 4.69) is 46.7 Å². The summed E-state index contributed by atoms with van der Waals surface area (Å²) in [6, 6.07) is 13.9. The van der Waals surface area contributed by atoms with Gasteiger partial charge in [-0.2, -0.15) is 0 Å². The third kappa shape index (κ3) is 5.09. The van der Waals surface area contributed by atoms with E-state index in [1.165, 1.54) is 0 Å². The van der Waals surface area contributed by atoms with Crippen molar-refractivity contribution in [1.82, 2.24) is 0 Å². The molecule has 1 N–H and O–H groups in total. The van der Waals surface area contributed by atoms with Gasteiger partial charge in [0.15, 0.2) is 0 Å². The third-order valence-electron chi connectivity index (χ3n) is 4.10. The number of hydrogen-bond donors (Lipinski definition) is 1. The minimum absolute atomic E-state index is 0.154. The topological polar surface area (TPSA) is 41.8 Å². The van der Waals surface area contributed by atoms with Crippen molar-refractivity contribution in [3.63, 3.8) is 0 Å². The van der Waals surface area contributed by atoms with E-state index in [9.17, 15) is 5.11 Å². The van der Waals surface area contributed by atoms with Gasteiger partial charge in [0.05, 0.1) is 6.21 Å². The van der Waals surface area contributed by atoms with E-state index in [1.807, 2.05) is 42.5 Å². The smallest absolute Gasteiger partial charge is 0.142 e. The van der Waals surface area contributed by atoms with Crippen molar-refractivity contribution in [3.05, 3.63) is 64.7 Å². The van der Waals surface area contributed by atoms with E-state index in [-0.39, 0.29) is 10.8 Å². The number of phenolic OH excluding ortho intramolecular Hbond substituents is 1. The molecule has 3 nitrogen and oxygen atoms in total. The van der Waals surface area contributed by atoms with Gasteiger partial charge in [-0.25, -0.2) is 0 Å². The van der Waals surface area contributed by atoms with Gasteiger partial charge >= 0.3 is 0 Å². The summed E-state index contributed by atoms with van der Waals surface area (Å²) in [6.07, 6.45) is 1.72. The molecule has 2 rings (SSSR count). The highest BCUT2D eigenvalue weighted by molar-refractivity contribution is 5.81. The summed E-state index contributed by atoms with van der Waals surface area (Å²) in [6.45, 7) is 13.0. The first-order chi connectivity index (χ1) is 11.6. The molecule has 2 aromatic carbocycles. The number of phenols is 1. The fourth-order valence-electron chi connectivity index (χ4n) is 2.66. The maximum absolute atomic E-state index is 10.7. The van der Waals surface area contributed by atoms with Gasteiger partial charge in [0.25, 0.3) is 0 Å². The summed E-state index contributed by atoms with van der Waals surface area (Å²) in [5.74, 6) is 0.377. The van der Waals surface area contributed by atoms with Gasteiger partial charge < -0.3 is 9.94 Å².